The van der Waals surface area contributed by atoms with Crippen molar-refractivity contribution >= 4 is 5.91 Å². The van der Waals surface area contributed by atoms with Crippen LogP contribution in [0.15, 0.2) is 0 Å². The van der Waals surface area contributed by atoms with Gasteiger partial charge in [0.15, 0.2) is 0 Å². The van der Waals surface area contributed by atoms with Gasteiger partial charge in [0.25, 0.3) is 0 Å². The van der Waals surface area contributed by atoms with E-state index >= 15 is 0 Å². The number of likely N-dealkylation sites (N-methyl/N-ethyl adjacent to an activating group) is 1. The second-order valence-corrected chi connectivity index (χ2v) is 3.94. The number of nitrogens with zero attached hydrogens (tertiary/aromatic N) is 1. The predicted octanol–water partition coefficient (Wildman–Crippen LogP) is -1.45. The molecule has 0 aromatic carbocycles. The van der Waals surface area contributed by atoms with Gasteiger partial charge in [-0.3, -0.25) is 4.79 Å². The third-order valence-electron chi connectivity index (χ3n) is 2.76. The van der Waals surface area contributed by atoms with Gasteiger partial charge in [-0.25, -0.2) is 0 Å². The Bertz CT molecular complexity index is 222. The van der Waals surface area contributed by atoms with Gasteiger partial charge in [-0.1, -0.05) is 0 Å². The van der Waals surface area contributed by atoms with Crippen LogP contribution in [-0.2, 0) is 4.79 Å². The van der Waals surface area contributed by atoms with Crippen LogP contribution in [0, 0.1) is 0 Å². The number of carbonyl (C=O) groups excluding carboxylic acids is 1. The van der Waals surface area contributed by atoms with Gasteiger partial charge in [0.1, 0.15) is 0 Å². The summed E-state index contributed by atoms with van der Waals surface area (Å²) in [6, 6.07) is -0.371. The Morgan fingerprint density at radius 2 is 2.00 bits per heavy atom. The van der Waals surface area contributed by atoms with Crippen LogP contribution in [0.3, 0.4) is 0 Å². The smallest absolute Gasteiger partial charge is 0.219 e. The topological polar surface area (TPSA) is 72.8 Å². The molecule has 0 aliphatic carbocycles. The summed E-state index contributed by atoms with van der Waals surface area (Å²) in [7, 11) is 1.67. The second-order valence-electron chi connectivity index (χ2n) is 3.94. The van der Waals surface area contributed by atoms with Crippen LogP contribution in [-0.4, -0.2) is 58.9 Å². The number of nitrogens with one attached hydrogen (secondary N) is 1. The molecule has 0 spiro atoms. The molecule has 3 N–H and O–H groups in total. The summed E-state index contributed by atoms with van der Waals surface area (Å²) in [6.45, 7) is 3.70. The maximum atomic E-state index is 11.0. The fourth-order valence-corrected chi connectivity index (χ4v) is 1.65. The molecule has 4 unspecified atom stereocenters. The first kappa shape index (κ1) is 11.4. The fourth-order valence-electron chi connectivity index (χ4n) is 1.65. The summed E-state index contributed by atoms with van der Waals surface area (Å²) in [5.41, 5.74) is 0. The molecule has 5 heteroatoms. The zero-order valence-electron chi connectivity index (χ0n) is 8.77. The summed E-state index contributed by atoms with van der Waals surface area (Å²) < 4.78 is 0. The molecular formula is C9H18N2O3. The van der Waals surface area contributed by atoms with Crippen LogP contribution in [0.25, 0.3) is 0 Å². The molecule has 1 rings (SSSR count). The van der Waals surface area contributed by atoms with Crippen molar-refractivity contribution in [3.8, 4) is 0 Å². The van der Waals surface area contributed by atoms with Gasteiger partial charge < -0.3 is 20.4 Å². The highest BCUT2D eigenvalue weighted by Crippen LogP contribution is 2.14. The molecule has 0 radical (unpaired) electrons. The van der Waals surface area contributed by atoms with E-state index in [4.69, 9.17) is 0 Å². The number of rotatable bonds is 2. The van der Waals surface area contributed by atoms with Crippen LogP contribution in [0.2, 0.25) is 0 Å². The molecule has 1 amide bonds. The largest absolute Gasteiger partial charge is 0.389 e. The SMILES string of the molecule is CC(=O)N(C)CC1NC(C)C(O)C1O. The van der Waals surface area contributed by atoms with Gasteiger partial charge in [-0.05, 0) is 6.92 Å². The Kier molecular flexibility index (Phi) is 3.47. The Hall–Kier alpha value is -0.650. The molecule has 4 atom stereocenters. The van der Waals surface area contributed by atoms with E-state index in [9.17, 15) is 15.0 Å². The molecule has 14 heavy (non-hydrogen) atoms. The average Bonchev–Trinajstić information content (AvgIpc) is 2.33. The first-order chi connectivity index (χ1) is 6.43. The van der Waals surface area contributed by atoms with Crippen molar-refractivity contribution in [1.82, 2.24) is 10.2 Å². The lowest BCUT2D eigenvalue weighted by atomic mass is 10.1. The minimum atomic E-state index is -0.799. The molecule has 1 fully saturated rings. The van der Waals surface area contributed by atoms with Crippen LogP contribution in [0.5, 0.6) is 0 Å². The van der Waals surface area contributed by atoms with E-state index in [0.717, 1.165) is 0 Å². The molecule has 82 valence electrons. The summed E-state index contributed by atoms with van der Waals surface area (Å²) in [5.74, 6) is -0.0481. The summed E-state index contributed by atoms with van der Waals surface area (Å²) in [6.07, 6.45) is -1.55. The van der Waals surface area contributed by atoms with Gasteiger partial charge >= 0.3 is 0 Å². The molecule has 0 aromatic heterocycles. The maximum absolute atomic E-state index is 11.0. The van der Waals surface area contributed by atoms with E-state index in [1.165, 1.54) is 11.8 Å². The number of aliphatic hydroxyl groups excluding tert-OH is 2. The van der Waals surface area contributed by atoms with Crippen molar-refractivity contribution in [3.05, 3.63) is 0 Å². The van der Waals surface area contributed by atoms with Crippen molar-refractivity contribution in [1.29, 1.82) is 0 Å². The maximum Gasteiger partial charge on any atom is 0.219 e. The minimum Gasteiger partial charge on any atom is -0.389 e. The van der Waals surface area contributed by atoms with E-state index in [1.54, 1.807) is 7.05 Å². The van der Waals surface area contributed by atoms with Crippen molar-refractivity contribution in [2.45, 2.75) is 38.1 Å². The van der Waals surface area contributed by atoms with E-state index in [2.05, 4.69) is 5.32 Å². The van der Waals surface area contributed by atoms with Crippen LogP contribution < -0.4 is 5.32 Å². The predicted molar refractivity (Wildman–Crippen MR) is 51.7 cm³/mol. The Labute approximate surface area is 83.7 Å². The lowest BCUT2D eigenvalue weighted by molar-refractivity contribution is -0.128. The minimum absolute atomic E-state index is 0.0481. The molecule has 0 bridgehead atoms. The first-order valence-corrected chi connectivity index (χ1v) is 4.77. The van der Waals surface area contributed by atoms with E-state index < -0.39 is 12.2 Å². The van der Waals surface area contributed by atoms with E-state index in [-0.39, 0.29) is 18.0 Å². The standard InChI is InChI=1S/C9H18N2O3/c1-5-8(13)9(14)7(10-5)4-11(3)6(2)12/h5,7-10,13-14H,4H2,1-3H3. The summed E-state index contributed by atoms with van der Waals surface area (Å²) in [5, 5.41) is 22.1. The molecule has 1 heterocycles. The Morgan fingerprint density at radius 3 is 2.36 bits per heavy atom. The Balaban J connectivity index is 2.51. The lowest BCUT2D eigenvalue weighted by Crippen LogP contribution is -2.44. The van der Waals surface area contributed by atoms with Gasteiger partial charge in [0.2, 0.25) is 5.91 Å². The van der Waals surface area contributed by atoms with Gasteiger partial charge in [0, 0.05) is 26.6 Å². The zero-order chi connectivity index (χ0) is 10.9. The van der Waals surface area contributed by atoms with Crippen LogP contribution in [0.1, 0.15) is 13.8 Å². The molecule has 0 saturated carbocycles. The molecule has 1 aliphatic rings. The molecule has 0 aromatic rings. The number of hydrogen-bond acceptors (Lipinski definition) is 4. The zero-order valence-corrected chi connectivity index (χ0v) is 8.77. The highest BCUT2D eigenvalue weighted by atomic mass is 16.3. The molecular weight excluding hydrogens is 184 g/mol. The second kappa shape index (κ2) is 4.25. The van der Waals surface area contributed by atoms with Crippen molar-refractivity contribution in [2.75, 3.05) is 13.6 Å². The lowest BCUT2D eigenvalue weighted by Gasteiger charge is -2.22. The molecule has 5 nitrogen and oxygen atoms in total. The fraction of sp³-hybridized carbons (Fsp3) is 0.889. The van der Waals surface area contributed by atoms with Crippen molar-refractivity contribution < 1.29 is 15.0 Å². The molecule has 1 aliphatic heterocycles. The van der Waals surface area contributed by atoms with E-state index in [0.29, 0.717) is 6.54 Å². The Morgan fingerprint density at radius 1 is 1.43 bits per heavy atom. The van der Waals surface area contributed by atoms with Crippen molar-refractivity contribution in [2.24, 2.45) is 0 Å². The number of carbonyl (C=O) groups is 1. The normalized spacial score (nSPS) is 37.2. The monoisotopic (exact) mass is 202 g/mol. The van der Waals surface area contributed by atoms with Gasteiger partial charge in [-0.15, -0.1) is 0 Å². The highest BCUT2D eigenvalue weighted by Gasteiger charge is 2.38. The third-order valence-corrected chi connectivity index (χ3v) is 2.76. The van der Waals surface area contributed by atoms with Crippen molar-refractivity contribution in [3.63, 3.8) is 0 Å². The average molecular weight is 202 g/mol. The highest BCUT2D eigenvalue weighted by molar-refractivity contribution is 5.72. The summed E-state index contributed by atoms with van der Waals surface area (Å²) in [4.78, 5) is 12.5. The van der Waals surface area contributed by atoms with Gasteiger partial charge in [0.05, 0.1) is 18.2 Å². The molecule has 1 saturated heterocycles. The van der Waals surface area contributed by atoms with Crippen LogP contribution >= 0.6 is 0 Å². The number of amides is 1. The van der Waals surface area contributed by atoms with Crippen LogP contribution in [0.4, 0.5) is 0 Å². The van der Waals surface area contributed by atoms with E-state index in [1.807, 2.05) is 6.92 Å². The third kappa shape index (κ3) is 2.23. The number of aliphatic hydroxyl groups is 2. The van der Waals surface area contributed by atoms with Gasteiger partial charge in [-0.2, -0.15) is 0 Å². The first-order valence-electron chi connectivity index (χ1n) is 4.77. The quantitative estimate of drug-likeness (QED) is 0.512. The number of hydrogen-bond donors (Lipinski definition) is 3. The summed E-state index contributed by atoms with van der Waals surface area (Å²) >= 11 is 0.